The van der Waals surface area contributed by atoms with Crippen molar-refractivity contribution < 1.29 is 4.74 Å². The highest BCUT2D eigenvalue weighted by molar-refractivity contribution is 5.34. The molecular weight excluding hydrogens is 224 g/mol. The Labute approximate surface area is 110 Å². The number of nitrogens with zero attached hydrogens (tertiary/aromatic N) is 2. The van der Waals surface area contributed by atoms with Crippen molar-refractivity contribution in [3.05, 3.63) is 29.8 Å². The molecule has 0 aliphatic carbocycles. The summed E-state index contributed by atoms with van der Waals surface area (Å²) >= 11 is 0. The Morgan fingerprint density at radius 3 is 2.44 bits per heavy atom. The van der Waals surface area contributed by atoms with Crippen molar-refractivity contribution in [2.75, 3.05) is 26.7 Å². The summed E-state index contributed by atoms with van der Waals surface area (Å²) in [5.74, 6) is 1.57. The Bertz CT molecular complexity index is 378. The van der Waals surface area contributed by atoms with Crippen molar-refractivity contribution in [1.29, 1.82) is 5.26 Å². The molecule has 0 atom stereocenters. The highest BCUT2D eigenvalue weighted by Crippen LogP contribution is 2.11. The highest BCUT2D eigenvalue weighted by atomic mass is 16.5. The Hall–Kier alpha value is -1.53. The maximum Gasteiger partial charge on any atom is 0.119 e. The van der Waals surface area contributed by atoms with Crippen molar-refractivity contribution in [2.24, 2.45) is 5.92 Å². The van der Waals surface area contributed by atoms with Gasteiger partial charge in [0.2, 0.25) is 0 Å². The minimum atomic E-state index is 0.663. The molecule has 0 amide bonds. The van der Waals surface area contributed by atoms with Gasteiger partial charge in [0.25, 0.3) is 0 Å². The topological polar surface area (TPSA) is 36.3 Å². The molecule has 0 unspecified atom stereocenters. The van der Waals surface area contributed by atoms with E-state index in [-0.39, 0.29) is 0 Å². The first-order valence-electron chi connectivity index (χ1n) is 6.43. The molecule has 3 heteroatoms. The first-order valence-corrected chi connectivity index (χ1v) is 6.43. The molecule has 0 aromatic heterocycles. The van der Waals surface area contributed by atoms with Gasteiger partial charge < -0.3 is 9.64 Å². The number of benzene rings is 1. The van der Waals surface area contributed by atoms with Crippen LogP contribution < -0.4 is 4.74 Å². The first-order chi connectivity index (χ1) is 8.61. The molecule has 98 valence electrons. The van der Waals surface area contributed by atoms with Crippen LogP contribution in [-0.2, 0) is 0 Å². The van der Waals surface area contributed by atoms with Crippen LogP contribution in [0.4, 0.5) is 0 Å². The average molecular weight is 246 g/mol. The fourth-order valence-corrected chi connectivity index (χ4v) is 1.54. The molecular formula is C15H22N2O. The Kier molecular flexibility index (Phi) is 6.24. The van der Waals surface area contributed by atoms with E-state index >= 15 is 0 Å². The van der Waals surface area contributed by atoms with Crippen molar-refractivity contribution in [1.82, 2.24) is 4.90 Å². The molecule has 0 saturated carbocycles. The molecule has 1 aromatic rings. The van der Waals surface area contributed by atoms with Crippen LogP contribution in [0, 0.1) is 17.2 Å². The third-order valence-electron chi connectivity index (χ3n) is 2.81. The minimum Gasteiger partial charge on any atom is -0.492 e. The summed E-state index contributed by atoms with van der Waals surface area (Å²) in [6.45, 7) is 7.18. The summed E-state index contributed by atoms with van der Waals surface area (Å²) in [6.07, 6.45) is 1.22. The van der Waals surface area contributed by atoms with Crippen molar-refractivity contribution in [3.8, 4) is 11.8 Å². The fourth-order valence-electron chi connectivity index (χ4n) is 1.54. The summed E-state index contributed by atoms with van der Waals surface area (Å²) in [4.78, 5) is 2.28. The molecule has 0 aliphatic rings. The van der Waals surface area contributed by atoms with Gasteiger partial charge in [0.05, 0.1) is 11.6 Å². The van der Waals surface area contributed by atoms with E-state index in [0.29, 0.717) is 12.2 Å². The van der Waals surface area contributed by atoms with Crippen LogP contribution in [0.3, 0.4) is 0 Å². The Balaban J connectivity index is 2.22. The van der Waals surface area contributed by atoms with Gasteiger partial charge in [-0.2, -0.15) is 5.26 Å². The van der Waals surface area contributed by atoms with Gasteiger partial charge in [-0.15, -0.1) is 0 Å². The molecule has 0 spiro atoms. The maximum absolute atomic E-state index is 8.68. The second-order valence-electron chi connectivity index (χ2n) is 4.97. The van der Waals surface area contributed by atoms with Gasteiger partial charge in [-0.25, -0.2) is 0 Å². The highest BCUT2D eigenvalue weighted by Gasteiger charge is 2.01. The zero-order valence-electron chi connectivity index (χ0n) is 11.5. The molecule has 3 nitrogen and oxygen atoms in total. The number of likely N-dealkylation sites (N-methyl/N-ethyl adjacent to an activating group) is 1. The van der Waals surface area contributed by atoms with Crippen LogP contribution in [0.25, 0.3) is 0 Å². The third kappa shape index (κ3) is 5.70. The number of ether oxygens (including phenoxy) is 1. The molecule has 0 N–H and O–H groups in total. The lowest BCUT2D eigenvalue weighted by Crippen LogP contribution is -2.26. The van der Waals surface area contributed by atoms with Gasteiger partial charge in [0.1, 0.15) is 12.4 Å². The monoisotopic (exact) mass is 246 g/mol. The molecule has 0 radical (unpaired) electrons. The molecule has 0 saturated heterocycles. The van der Waals surface area contributed by atoms with Crippen molar-refractivity contribution in [2.45, 2.75) is 20.3 Å². The second kappa shape index (κ2) is 7.73. The van der Waals surface area contributed by atoms with Crippen LogP contribution in [0.2, 0.25) is 0 Å². The number of hydrogen-bond acceptors (Lipinski definition) is 3. The smallest absolute Gasteiger partial charge is 0.119 e. The normalized spacial score (nSPS) is 10.7. The van der Waals surface area contributed by atoms with Gasteiger partial charge in [-0.1, -0.05) is 13.8 Å². The maximum atomic E-state index is 8.68. The van der Waals surface area contributed by atoms with E-state index in [4.69, 9.17) is 10.00 Å². The van der Waals surface area contributed by atoms with E-state index in [9.17, 15) is 0 Å². The largest absolute Gasteiger partial charge is 0.492 e. The van der Waals surface area contributed by atoms with E-state index < -0.39 is 0 Å². The van der Waals surface area contributed by atoms with Gasteiger partial charge in [0, 0.05) is 6.54 Å². The lowest BCUT2D eigenvalue weighted by Gasteiger charge is -2.17. The van der Waals surface area contributed by atoms with Crippen molar-refractivity contribution in [3.63, 3.8) is 0 Å². The zero-order chi connectivity index (χ0) is 13.4. The van der Waals surface area contributed by atoms with E-state index in [1.807, 2.05) is 12.1 Å². The lowest BCUT2D eigenvalue weighted by atomic mass is 10.1. The van der Waals surface area contributed by atoms with Crippen LogP contribution in [-0.4, -0.2) is 31.6 Å². The van der Waals surface area contributed by atoms with Crippen LogP contribution >= 0.6 is 0 Å². The van der Waals surface area contributed by atoms with E-state index in [1.54, 1.807) is 12.1 Å². The van der Waals surface area contributed by atoms with Crippen LogP contribution in [0.1, 0.15) is 25.8 Å². The summed E-state index contributed by atoms with van der Waals surface area (Å²) in [5.41, 5.74) is 0.663. The number of hydrogen-bond donors (Lipinski definition) is 0. The predicted molar refractivity (Wildman–Crippen MR) is 73.6 cm³/mol. The van der Waals surface area contributed by atoms with E-state index in [2.05, 4.69) is 31.9 Å². The van der Waals surface area contributed by atoms with Gasteiger partial charge in [-0.3, -0.25) is 0 Å². The second-order valence-corrected chi connectivity index (χ2v) is 4.97. The van der Waals surface area contributed by atoms with E-state index in [1.165, 1.54) is 6.42 Å². The van der Waals surface area contributed by atoms with Crippen LogP contribution in [0.5, 0.6) is 5.75 Å². The summed E-state index contributed by atoms with van der Waals surface area (Å²) < 4.78 is 5.63. The Morgan fingerprint density at radius 2 is 1.89 bits per heavy atom. The fraction of sp³-hybridized carbons (Fsp3) is 0.533. The zero-order valence-corrected chi connectivity index (χ0v) is 11.5. The SMILES string of the molecule is CC(C)CCN(C)CCOc1ccc(C#N)cc1. The molecule has 0 heterocycles. The predicted octanol–water partition coefficient (Wildman–Crippen LogP) is 2.91. The minimum absolute atomic E-state index is 0.663. The first kappa shape index (κ1) is 14.5. The summed E-state index contributed by atoms with van der Waals surface area (Å²) in [7, 11) is 2.12. The molecule has 18 heavy (non-hydrogen) atoms. The summed E-state index contributed by atoms with van der Waals surface area (Å²) in [6, 6.07) is 9.32. The Morgan fingerprint density at radius 1 is 1.22 bits per heavy atom. The molecule has 0 bridgehead atoms. The summed E-state index contributed by atoms with van der Waals surface area (Å²) in [5, 5.41) is 8.68. The van der Waals surface area contributed by atoms with E-state index in [0.717, 1.165) is 24.8 Å². The molecule has 1 aromatic carbocycles. The van der Waals surface area contributed by atoms with Gasteiger partial charge in [-0.05, 0) is 50.2 Å². The molecule has 0 fully saturated rings. The lowest BCUT2D eigenvalue weighted by molar-refractivity contribution is 0.230. The number of rotatable bonds is 7. The molecule has 0 aliphatic heterocycles. The van der Waals surface area contributed by atoms with Gasteiger partial charge in [0.15, 0.2) is 0 Å². The van der Waals surface area contributed by atoms with Crippen molar-refractivity contribution >= 4 is 0 Å². The average Bonchev–Trinajstić information content (AvgIpc) is 2.37. The number of nitriles is 1. The quantitative estimate of drug-likeness (QED) is 0.742. The third-order valence-corrected chi connectivity index (χ3v) is 2.81. The molecule has 1 rings (SSSR count). The van der Waals surface area contributed by atoms with Gasteiger partial charge >= 0.3 is 0 Å². The van der Waals surface area contributed by atoms with Crippen LogP contribution in [0.15, 0.2) is 24.3 Å². The standard InChI is InChI=1S/C15H22N2O/c1-13(2)8-9-17(3)10-11-18-15-6-4-14(12-16)5-7-15/h4-7,13H,8-11H2,1-3H3.